The standard InChI is InChI=1S/C19H26N4O/c1-4-6-7-11-20-17-13-21-16(12-22-17)19(24)23-18-14(3)9-8-10-15(18)5-2/h8-10,12-13H,4-7,11H2,1-3H3,(H,20,22)(H,23,24). The molecule has 2 rings (SSSR count). The van der Waals surface area contributed by atoms with Gasteiger partial charge in [-0.1, -0.05) is 44.9 Å². The minimum atomic E-state index is -0.232. The second-order valence-electron chi connectivity index (χ2n) is 5.84. The fourth-order valence-corrected chi connectivity index (χ4v) is 2.51. The summed E-state index contributed by atoms with van der Waals surface area (Å²) in [7, 11) is 0. The molecule has 128 valence electrons. The predicted molar refractivity (Wildman–Crippen MR) is 98.6 cm³/mol. The smallest absolute Gasteiger partial charge is 0.275 e. The zero-order chi connectivity index (χ0) is 17.4. The highest BCUT2D eigenvalue weighted by Crippen LogP contribution is 2.21. The SMILES string of the molecule is CCCCCNc1cnc(C(=O)Nc2c(C)cccc2CC)cn1. The molecule has 0 bridgehead atoms. The number of unbranched alkanes of at least 4 members (excludes halogenated alkanes) is 2. The molecule has 0 aliphatic rings. The van der Waals surface area contributed by atoms with Crippen LogP contribution in [0.2, 0.25) is 0 Å². The van der Waals surface area contributed by atoms with E-state index in [1.807, 2.05) is 25.1 Å². The Labute approximate surface area is 143 Å². The van der Waals surface area contributed by atoms with Gasteiger partial charge in [-0.2, -0.15) is 0 Å². The molecule has 0 saturated carbocycles. The molecule has 2 aromatic rings. The molecular weight excluding hydrogens is 300 g/mol. The van der Waals surface area contributed by atoms with Gasteiger partial charge in [0, 0.05) is 12.2 Å². The molecule has 0 radical (unpaired) electrons. The molecule has 0 spiro atoms. The monoisotopic (exact) mass is 326 g/mol. The van der Waals surface area contributed by atoms with Crippen molar-refractivity contribution in [1.29, 1.82) is 0 Å². The molecule has 1 aromatic carbocycles. The van der Waals surface area contributed by atoms with E-state index in [1.54, 1.807) is 6.20 Å². The van der Waals surface area contributed by atoms with Gasteiger partial charge in [0.05, 0.1) is 12.4 Å². The van der Waals surface area contributed by atoms with E-state index in [0.717, 1.165) is 36.2 Å². The van der Waals surface area contributed by atoms with E-state index in [9.17, 15) is 4.79 Å². The molecule has 5 nitrogen and oxygen atoms in total. The van der Waals surface area contributed by atoms with Gasteiger partial charge in [-0.05, 0) is 30.9 Å². The lowest BCUT2D eigenvalue weighted by Crippen LogP contribution is -2.16. The lowest BCUT2D eigenvalue weighted by Gasteiger charge is -2.12. The van der Waals surface area contributed by atoms with Crippen LogP contribution in [0.15, 0.2) is 30.6 Å². The third-order valence-electron chi connectivity index (χ3n) is 3.95. The average molecular weight is 326 g/mol. The third-order valence-corrected chi connectivity index (χ3v) is 3.95. The molecule has 1 aromatic heterocycles. The number of hydrogen-bond donors (Lipinski definition) is 2. The van der Waals surface area contributed by atoms with Gasteiger partial charge < -0.3 is 10.6 Å². The van der Waals surface area contributed by atoms with Gasteiger partial charge in [-0.3, -0.25) is 4.79 Å². The third kappa shape index (κ3) is 4.78. The second-order valence-corrected chi connectivity index (χ2v) is 5.84. The molecule has 0 unspecified atom stereocenters. The van der Waals surface area contributed by atoms with E-state index in [2.05, 4.69) is 34.4 Å². The van der Waals surface area contributed by atoms with E-state index < -0.39 is 0 Å². The molecule has 0 fully saturated rings. The van der Waals surface area contributed by atoms with E-state index >= 15 is 0 Å². The van der Waals surface area contributed by atoms with E-state index in [-0.39, 0.29) is 5.91 Å². The van der Waals surface area contributed by atoms with Crippen LogP contribution in [0.25, 0.3) is 0 Å². The van der Waals surface area contributed by atoms with Crippen LogP contribution in [-0.4, -0.2) is 22.4 Å². The van der Waals surface area contributed by atoms with Gasteiger partial charge in [0.1, 0.15) is 11.5 Å². The molecule has 0 aliphatic carbocycles. The molecule has 5 heteroatoms. The summed E-state index contributed by atoms with van der Waals surface area (Å²) in [4.78, 5) is 20.9. The largest absolute Gasteiger partial charge is 0.369 e. The average Bonchev–Trinajstić information content (AvgIpc) is 2.61. The number of aryl methyl sites for hydroxylation is 2. The number of benzene rings is 1. The number of anilines is 2. The Balaban J connectivity index is 2.00. The van der Waals surface area contributed by atoms with Crippen LogP contribution < -0.4 is 10.6 Å². The highest BCUT2D eigenvalue weighted by atomic mass is 16.1. The second kappa shape index (κ2) is 9.01. The number of carbonyl (C=O) groups is 1. The van der Waals surface area contributed by atoms with Crippen molar-refractivity contribution in [3.05, 3.63) is 47.4 Å². The summed E-state index contributed by atoms with van der Waals surface area (Å²) in [5, 5.41) is 6.18. The van der Waals surface area contributed by atoms with Gasteiger partial charge >= 0.3 is 0 Å². The quantitative estimate of drug-likeness (QED) is 0.713. The summed E-state index contributed by atoms with van der Waals surface area (Å²) < 4.78 is 0. The van der Waals surface area contributed by atoms with E-state index in [0.29, 0.717) is 11.5 Å². The molecule has 1 amide bonds. The predicted octanol–water partition coefficient (Wildman–Crippen LogP) is 4.20. The Morgan fingerprint density at radius 1 is 1.12 bits per heavy atom. The first kappa shape index (κ1) is 17.9. The number of hydrogen-bond acceptors (Lipinski definition) is 4. The fourth-order valence-electron chi connectivity index (χ4n) is 2.51. The number of rotatable bonds is 8. The summed E-state index contributed by atoms with van der Waals surface area (Å²) >= 11 is 0. The Morgan fingerprint density at radius 2 is 1.96 bits per heavy atom. The van der Waals surface area contributed by atoms with Gasteiger partial charge in [0.15, 0.2) is 0 Å². The number of nitrogens with zero attached hydrogens (tertiary/aromatic N) is 2. The van der Waals surface area contributed by atoms with Crippen molar-refractivity contribution in [3.63, 3.8) is 0 Å². The van der Waals surface area contributed by atoms with E-state index in [4.69, 9.17) is 0 Å². The summed E-state index contributed by atoms with van der Waals surface area (Å²) in [5.41, 5.74) is 3.35. The zero-order valence-electron chi connectivity index (χ0n) is 14.7. The van der Waals surface area contributed by atoms with Crippen molar-refractivity contribution < 1.29 is 4.79 Å². The lowest BCUT2D eigenvalue weighted by molar-refractivity contribution is 0.102. The Kier molecular flexibility index (Phi) is 6.73. The minimum Gasteiger partial charge on any atom is -0.369 e. The normalized spacial score (nSPS) is 10.5. The maximum atomic E-state index is 12.4. The van der Waals surface area contributed by atoms with Crippen molar-refractivity contribution >= 4 is 17.4 Å². The maximum absolute atomic E-state index is 12.4. The Bertz CT molecular complexity index is 668. The zero-order valence-corrected chi connectivity index (χ0v) is 14.7. The van der Waals surface area contributed by atoms with Crippen LogP contribution in [0.1, 0.15) is 54.7 Å². The van der Waals surface area contributed by atoms with Crippen molar-refractivity contribution in [3.8, 4) is 0 Å². The van der Waals surface area contributed by atoms with E-state index in [1.165, 1.54) is 19.0 Å². The number of nitrogens with one attached hydrogen (secondary N) is 2. The summed E-state index contributed by atoms with van der Waals surface area (Å²) in [5.74, 6) is 0.469. The molecular formula is C19H26N4O. The minimum absolute atomic E-state index is 0.232. The van der Waals surface area contributed by atoms with Gasteiger partial charge in [0.25, 0.3) is 5.91 Å². The van der Waals surface area contributed by atoms with Crippen LogP contribution >= 0.6 is 0 Å². The van der Waals surface area contributed by atoms with Crippen LogP contribution in [-0.2, 0) is 6.42 Å². The summed E-state index contributed by atoms with van der Waals surface area (Å²) in [6.07, 6.45) is 7.47. The fraction of sp³-hybridized carbons (Fsp3) is 0.421. The molecule has 0 saturated heterocycles. The lowest BCUT2D eigenvalue weighted by atomic mass is 10.1. The first-order chi connectivity index (χ1) is 11.7. The number of carbonyl (C=O) groups excluding carboxylic acids is 1. The van der Waals surface area contributed by atoms with Crippen LogP contribution in [0.5, 0.6) is 0 Å². The van der Waals surface area contributed by atoms with Crippen molar-refractivity contribution in [2.75, 3.05) is 17.2 Å². The molecule has 2 N–H and O–H groups in total. The maximum Gasteiger partial charge on any atom is 0.275 e. The van der Waals surface area contributed by atoms with Gasteiger partial charge in [-0.15, -0.1) is 0 Å². The molecule has 0 atom stereocenters. The summed E-state index contributed by atoms with van der Waals surface area (Å²) in [6, 6.07) is 6.02. The first-order valence-electron chi connectivity index (χ1n) is 8.61. The molecule has 0 aliphatic heterocycles. The molecule has 1 heterocycles. The van der Waals surface area contributed by atoms with Crippen molar-refractivity contribution in [2.45, 2.75) is 46.5 Å². The van der Waals surface area contributed by atoms with Crippen molar-refractivity contribution in [1.82, 2.24) is 9.97 Å². The first-order valence-corrected chi connectivity index (χ1v) is 8.61. The number of aromatic nitrogens is 2. The number of para-hydroxylation sites is 1. The Morgan fingerprint density at radius 3 is 2.62 bits per heavy atom. The van der Waals surface area contributed by atoms with Gasteiger partial charge in [0.2, 0.25) is 0 Å². The van der Waals surface area contributed by atoms with Crippen LogP contribution in [0.4, 0.5) is 11.5 Å². The summed E-state index contributed by atoms with van der Waals surface area (Å²) in [6.45, 7) is 7.11. The highest BCUT2D eigenvalue weighted by Gasteiger charge is 2.12. The molecule has 24 heavy (non-hydrogen) atoms. The van der Waals surface area contributed by atoms with Gasteiger partial charge in [-0.25, -0.2) is 9.97 Å². The van der Waals surface area contributed by atoms with Crippen molar-refractivity contribution in [2.24, 2.45) is 0 Å². The Hall–Kier alpha value is -2.43. The number of amides is 1. The highest BCUT2D eigenvalue weighted by molar-refractivity contribution is 6.03. The van der Waals surface area contributed by atoms with Crippen LogP contribution in [0.3, 0.4) is 0 Å². The topological polar surface area (TPSA) is 66.9 Å². The van der Waals surface area contributed by atoms with Crippen LogP contribution in [0, 0.1) is 6.92 Å².